The van der Waals surface area contributed by atoms with Gasteiger partial charge in [0.1, 0.15) is 0 Å². The number of nitriles is 1. The van der Waals surface area contributed by atoms with E-state index in [0.717, 1.165) is 22.5 Å². The molecule has 0 unspecified atom stereocenters. The topological polar surface area (TPSA) is 94.3 Å². The maximum absolute atomic E-state index is 12.7. The maximum Gasteiger partial charge on any atom is 0.266 e. The summed E-state index contributed by atoms with van der Waals surface area (Å²) in [5.41, 5.74) is 4.11. The molecular weight excluding hydrogens is 330 g/mol. The van der Waals surface area contributed by atoms with Crippen molar-refractivity contribution in [3.8, 4) is 6.07 Å². The fourth-order valence-corrected chi connectivity index (χ4v) is 3.00. The molecule has 26 heavy (non-hydrogen) atoms. The molecule has 2 aromatic heterocycles. The molecule has 2 heterocycles. The summed E-state index contributed by atoms with van der Waals surface area (Å²) in [5, 5.41) is 11.7. The number of aryl methyl sites for hydroxylation is 2. The molecule has 132 valence electrons. The summed E-state index contributed by atoms with van der Waals surface area (Å²) in [5.74, 6) is -0.0609. The number of likely N-dealkylation sites (N-methyl/N-ethyl adjacent to an activating group) is 1. The number of hydrogen-bond acceptors (Lipinski definition) is 4. The zero-order chi connectivity index (χ0) is 18.8. The highest BCUT2D eigenvalue weighted by atomic mass is 16.2. The Labute approximate surface area is 150 Å². The van der Waals surface area contributed by atoms with Crippen LogP contribution in [0.15, 0.2) is 35.1 Å². The summed E-state index contributed by atoms with van der Waals surface area (Å²) < 4.78 is 1.61. The highest BCUT2D eigenvalue weighted by Crippen LogP contribution is 2.15. The van der Waals surface area contributed by atoms with Gasteiger partial charge in [-0.3, -0.25) is 14.7 Å². The van der Waals surface area contributed by atoms with Crippen molar-refractivity contribution < 1.29 is 4.79 Å². The first kappa shape index (κ1) is 17.4. The molecule has 7 nitrogen and oxygen atoms in total. The zero-order valence-electron chi connectivity index (χ0n) is 14.9. The molecule has 0 spiro atoms. The van der Waals surface area contributed by atoms with Crippen LogP contribution in [0.5, 0.6) is 0 Å². The predicted octanol–water partition coefficient (Wildman–Crippen LogP) is 1.71. The fourth-order valence-electron chi connectivity index (χ4n) is 3.00. The molecule has 0 bridgehead atoms. The van der Waals surface area contributed by atoms with Crippen LogP contribution in [0.1, 0.15) is 28.1 Å². The third-order valence-corrected chi connectivity index (χ3v) is 4.43. The van der Waals surface area contributed by atoms with Gasteiger partial charge >= 0.3 is 0 Å². The molecule has 0 fully saturated rings. The van der Waals surface area contributed by atoms with E-state index in [1.54, 1.807) is 34.7 Å². The van der Waals surface area contributed by atoms with Gasteiger partial charge in [-0.25, -0.2) is 9.50 Å². The van der Waals surface area contributed by atoms with E-state index in [1.165, 1.54) is 6.07 Å². The average Bonchev–Trinajstić information content (AvgIpc) is 2.98. The van der Waals surface area contributed by atoms with Crippen LogP contribution in [0.4, 0.5) is 0 Å². The van der Waals surface area contributed by atoms with Gasteiger partial charge in [-0.05, 0) is 31.5 Å². The van der Waals surface area contributed by atoms with Gasteiger partial charge in [-0.15, -0.1) is 0 Å². The molecule has 0 aliphatic carbocycles. The minimum absolute atomic E-state index is 0.0609. The number of carbonyl (C=O) groups is 1. The quantitative estimate of drug-likeness (QED) is 0.776. The molecule has 1 N–H and O–H groups in total. The van der Waals surface area contributed by atoms with Crippen LogP contribution in [0.2, 0.25) is 0 Å². The van der Waals surface area contributed by atoms with E-state index >= 15 is 0 Å². The molecule has 0 radical (unpaired) electrons. The summed E-state index contributed by atoms with van der Waals surface area (Å²) in [7, 11) is 1.73. The normalized spacial score (nSPS) is 10.7. The van der Waals surface area contributed by atoms with Gasteiger partial charge in [0.25, 0.3) is 5.56 Å². The second-order valence-electron chi connectivity index (χ2n) is 6.31. The van der Waals surface area contributed by atoms with E-state index < -0.39 is 0 Å². The molecule has 1 aromatic carbocycles. The molecule has 0 saturated carbocycles. The van der Waals surface area contributed by atoms with Crippen molar-refractivity contribution in [3.63, 3.8) is 0 Å². The van der Waals surface area contributed by atoms with Crippen LogP contribution in [0.3, 0.4) is 0 Å². The van der Waals surface area contributed by atoms with Gasteiger partial charge in [-0.2, -0.15) is 5.26 Å². The number of nitrogens with one attached hydrogen (secondary N) is 1. The number of fused-ring (bicyclic) bond motifs is 1. The van der Waals surface area contributed by atoms with Gasteiger partial charge in [0.05, 0.1) is 18.1 Å². The number of carbonyl (C=O) groups excluding carboxylic acids is 1. The molecule has 0 saturated heterocycles. The number of amides is 1. The maximum atomic E-state index is 12.7. The molecule has 3 aromatic rings. The Morgan fingerprint density at radius 2 is 2.12 bits per heavy atom. The van der Waals surface area contributed by atoms with Gasteiger partial charge in [0.15, 0.2) is 5.65 Å². The minimum atomic E-state index is -0.224. The third-order valence-electron chi connectivity index (χ3n) is 4.43. The second kappa shape index (κ2) is 6.84. The summed E-state index contributed by atoms with van der Waals surface area (Å²) in [4.78, 5) is 30.2. The van der Waals surface area contributed by atoms with Crippen LogP contribution >= 0.6 is 0 Å². The lowest BCUT2D eigenvalue weighted by Gasteiger charge is -2.19. The number of aromatic nitrogens is 3. The van der Waals surface area contributed by atoms with E-state index in [-0.39, 0.29) is 17.9 Å². The molecule has 0 aliphatic heterocycles. The Kier molecular flexibility index (Phi) is 4.59. The Hall–Kier alpha value is -3.40. The molecule has 0 atom stereocenters. The van der Waals surface area contributed by atoms with E-state index in [4.69, 9.17) is 5.26 Å². The number of H-pyrrole nitrogens is 1. The Morgan fingerprint density at radius 1 is 1.35 bits per heavy atom. The van der Waals surface area contributed by atoms with Gasteiger partial charge in [0.2, 0.25) is 5.91 Å². The average molecular weight is 349 g/mol. The predicted molar refractivity (Wildman–Crippen MR) is 96.6 cm³/mol. The largest absolute Gasteiger partial charge is 0.341 e. The lowest BCUT2D eigenvalue weighted by atomic mass is 10.1. The lowest BCUT2D eigenvalue weighted by Crippen LogP contribution is -2.28. The minimum Gasteiger partial charge on any atom is -0.341 e. The van der Waals surface area contributed by atoms with Crippen LogP contribution in [0, 0.1) is 25.2 Å². The lowest BCUT2D eigenvalue weighted by molar-refractivity contribution is -0.129. The summed E-state index contributed by atoms with van der Waals surface area (Å²) in [6, 6.07) is 10.7. The van der Waals surface area contributed by atoms with Gasteiger partial charge in [0, 0.05) is 36.6 Å². The van der Waals surface area contributed by atoms with Crippen molar-refractivity contribution in [1.29, 1.82) is 5.26 Å². The number of nitrogens with zero attached hydrogens (tertiary/aromatic N) is 4. The smallest absolute Gasteiger partial charge is 0.266 e. The van der Waals surface area contributed by atoms with Crippen molar-refractivity contribution in [1.82, 2.24) is 19.5 Å². The second-order valence-corrected chi connectivity index (χ2v) is 6.31. The molecule has 1 amide bonds. The zero-order valence-corrected chi connectivity index (χ0v) is 14.9. The van der Waals surface area contributed by atoms with Gasteiger partial charge in [-0.1, -0.05) is 12.1 Å². The highest BCUT2D eigenvalue weighted by Gasteiger charge is 2.17. The van der Waals surface area contributed by atoms with Crippen LogP contribution in [-0.4, -0.2) is 32.5 Å². The van der Waals surface area contributed by atoms with Gasteiger partial charge < -0.3 is 4.90 Å². The van der Waals surface area contributed by atoms with Crippen LogP contribution in [-0.2, 0) is 17.8 Å². The molecule has 3 rings (SSSR count). The number of aromatic amines is 1. The molecule has 7 heteroatoms. The van der Waals surface area contributed by atoms with E-state index in [2.05, 4.69) is 16.2 Å². The fraction of sp³-hybridized carbons (Fsp3) is 0.263. The van der Waals surface area contributed by atoms with Crippen molar-refractivity contribution in [3.05, 3.63) is 68.8 Å². The summed E-state index contributed by atoms with van der Waals surface area (Å²) >= 11 is 0. The first-order chi connectivity index (χ1) is 12.4. The third kappa shape index (κ3) is 3.35. The Morgan fingerprint density at radius 3 is 2.85 bits per heavy atom. The number of benzene rings is 1. The summed E-state index contributed by atoms with van der Waals surface area (Å²) in [6.07, 6.45) is 0.190. The Bertz CT molecular complexity index is 1090. The summed E-state index contributed by atoms with van der Waals surface area (Å²) in [6.45, 7) is 4.11. The first-order valence-corrected chi connectivity index (χ1v) is 8.20. The SMILES string of the molecule is Cc1nc2cc(=O)[nH]n2c(C)c1CC(=O)N(C)Cc1cccc(C#N)c1. The van der Waals surface area contributed by atoms with Crippen molar-refractivity contribution in [2.45, 2.75) is 26.8 Å². The number of rotatable bonds is 4. The first-order valence-electron chi connectivity index (χ1n) is 8.20. The highest BCUT2D eigenvalue weighted by molar-refractivity contribution is 5.79. The van der Waals surface area contributed by atoms with E-state index in [9.17, 15) is 9.59 Å². The monoisotopic (exact) mass is 349 g/mol. The van der Waals surface area contributed by atoms with E-state index in [1.807, 2.05) is 19.9 Å². The molecular formula is C19H19N5O2. The van der Waals surface area contributed by atoms with Crippen LogP contribution < -0.4 is 5.56 Å². The number of hydrogen-bond donors (Lipinski definition) is 1. The van der Waals surface area contributed by atoms with E-state index in [0.29, 0.717) is 17.8 Å². The van der Waals surface area contributed by atoms with Crippen molar-refractivity contribution in [2.75, 3.05) is 7.05 Å². The standard InChI is InChI=1S/C19H19N5O2/c1-12-16(13(2)24-17(21-12)9-18(25)22-24)8-19(26)23(3)11-15-6-4-5-14(7-15)10-20/h4-7,9H,8,11H2,1-3H3,(H,22,25). The van der Waals surface area contributed by atoms with Crippen LogP contribution in [0.25, 0.3) is 5.65 Å². The Balaban J connectivity index is 1.82. The van der Waals surface area contributed by atoms with Crippen molar-refractivity contribution in [2.24, 2.45) is 0 Å². The molecule has 0 aliphatic rings. The van der Waals surface area contributed by atoms with Crippen molar-refractivity contribution >= 4 is 11.6 Å².